The Morgan fingerprint density at radius 1 is 1.53 bits per heavy atom. The van der Waals surface area contributed by atoms with E-state index in [4.69, 9.17) is 5.11 Å². The summed E-state index contributed by atoms with van der Waals surface area (Å²) >= 11 is 1.06. The van der Waals surface area contributed by atoms with Gasteiger partial charge >= 0.3 is 5.97 Å². The molecular weight excluding hydrogens is 247 g/mol. The fourth-order valence-electron chi connectivity index (χ4n) is 1.16. The largest absolute Gasteiger partial charge is 0.478 e. The van der Waals surface area contributed by atoms with Crippen LogP contribution in [0.2, 0.25) is 0 Å². The smallest absolute Gasteiger partial charge is 0.336 e. The number of aromatic nitrogens is 4. The summed E-state index contributed by atoms with van der Waals surface area (Å²) < 4.78 is 14.3. The van der Waals surface area contributed by atoms with Gasteiger partial charge in [-0.15, -0.1) is 5.10 Å². The number of hydrogen-bond acceptors (Lipinski definition) is 5. The van der Waals surface area contributed by atoms with Crippen molar-refractivity contribution >= 4 is 17.7 Å². The summed E-state index contributed by atoms with van der Waals surface area (Å²) in [6.07, 6.45) is 0. The molecule has 8 heteroatoms. The van der Waals surface area contributed by atoms with Crippen molar-refractivity contribution in [3.63, 3.8) is 0 Å². The molecule has 0 aliphatic rings. The number of hydrogen-bond donors (Lipinski definition) is 1. The number of carboxylic acid groups (broad SMARTS) is 1. The minimum absolute atomic E-state index is 0.113. The van der Waals surface area contributed by atoms with E-state index < -0.39 is 11.8 Å². The molecule has 88 valence electrons. The van der Waals surface area contributed by atoms with Gasteiger partial charge in [0.25, 0.3) is 0 Å². The van der Waals surface area contributed by atoms with Crippen molar-refractivity contribution in [1.82, 2.24) is 20.2 Å². The van der Waals surface area contributed by atoms with Crippen LogP contribution in [0.25, 0.3) is 0 Å². The zero-order chi connectivity index (χ0) is 12.4. The highest BCUT2D eigenvalue weighted by molar-refractivity contribution is 7.99. The molecular formula is C9H7FN4O2S. The van der Waals surface area contributed by atoms with Crippen molar-refractivity contribution in [3.05, 3.63) is 29.6 Å². The Labute approximate surface area is 99.4 Å². The number of nitrogens with zero attached hydrogens (tertiary/aromatic N) is 4. The van der Waals surface area contributed by atoms with Gasteiger partial charge in [0.15, 0.2) is 0 Å². The third kappa shape index (κ3) is 2.41. The van der Waals surface area contributed by atoms with Crippen LogP contribution < -0.4 is 0 Å². The molecule has 0 atom stereocenters. The predicted molar refractivity (Wildman–Crippen MR) is 56.3 cm³/mol. The van der Waals surface area contributed by atoms with Crippen molar-refractivity contribution in [2.75, 3.05) is 0 Å². The molecule has 17 heavy (non-hydrogen) atoms. The standard InChI is InChI=1S/C9H7FN4O2S/c1-14-9(11-12-13-14)17-7-3-2-5(10)4-6(7)8(15)16/h2-4H,1H3,(H,15,16). The number of aromatic carboxylic acids is 1. The van der Waals surface area contributed by atoms with E-state index in [-0.39, 0.29) is 5.56 Å². The molecule has 0 aliphatic heterocycles. The number of carbonyl (C=O) groups is 1. The number of carboxylic acids is 1. The van der Waals surface area contributed by atoms with E-state index in [1.165, 1.54) is 16.8 Å². The van der Waals surface area contributed by atoms with Gasteiger partial charge in [-0.1, -0.05) is 0 Å². The Morgan fingerprint density at radius 3 is 2.88 bits per heavy atom. The summed E-state index contributed by atoms with van der Waals surface area (Å²) in [5.41, 5.74) is -0.113. The molecule has 0 amide bonds. The van der Waals surface area contributed by atoms with Crippen molar-refractivity contribution in [1.29, 1.82) is 0 Å². The molecule has 0 saturated carbocycles. The molecule has 0 fully saturated rings. The molecule has 0 radical (unpaired) electrons. The van der Waals surface area contributed by atoms with Gasteiger partial charge < -0.3 is 5.11 Å². The number of tetrazole rings is 1. The van der Waals surface area contributed by atoms with Gasteiger partial charge in [0.05, 0.1) is 5.56 Å². The van der Waals surface area contributed by atoms with Crippen molar-refractivity contribution < 1.29 is 14.3 Å². The highest BCUT2D eigenvalue weighted by Gasteiger charge is 2.14. The number of halogens is 1. The third-order valence-corrected chi connectivity index (χ3v) is 3.06. The number of benzene rings is 1. The first-order valence-electron chi connectivity index (χ1n) is 4.51. The maximum absolute atomic E-state index is 12.9. The van der Waals surface area contributed by atoms with Crippen molar-refractivity contribution in [2.24, 2.45) is 7.05 Å². The molecule has 1 aromatic carbocycles. The quantitative estimate of drug-likeness (QED) is 0.886. The Kier molecular flexibility index (Phi) is 3.05. The summed E-state index contributed by atoms with van der Waals surface area (Å²) in [4.78, 5) is 11.3. The Bertz CT molecular complexity index is 572. The van der Waals surface area contributed by atoms with E-state index in [0.717, 1.165) is 17.8 Å². The minimum Gasteiger partial charge on any atom is -0.478 e. The molecule has 6 nitrogen and oxygen atoms in total. The lowest BCUT2D eigenvalue weighted by Gasteiger charge is -2.04. The minimum atomic E-state index is -1.19. The van der Waals surface area contributed by atoms with Crippen LogP contribution in [0.15, 0.2) is 28.3 Å². The molecule has 0 spiro atoms. The highest BCUT2D eigenvalue weighted by atomic mass is 32.2. The Balaban J connectivity index is 2.39. The Hall–Kier alpha value is -1.96. The van der Waals surface area contributed by atoms with Crippen molar-refractivity contribution in [3.8, 4) is 0 Å². The van der Waals surface area contributed by atoms with Gasteiger partial charge in [0.2, 0.25) is 5.16 Å². The lowest BCUT2D eigenvalue weighted by atomic mass is 10.2. The first kappa shape index (κ1) is 11.5. The number of aryl methyl sites for hydroxylation is 1. The average molecular weight is 254 g/mol. The molecule has 1 heterocycles. The lowest BCUT2D eigenvalue weighted by molar-refractivity contribution is 0.0692. The van der Waals surface area contributed by atoms with E-state index >= 15 is 0 Å². The van der Waals surface area contributed by atoms with E-state index in [1.54, 1.807) is 7.05 Å². The second-order valence-electron chi connectivity index (χ2n) is 3.13. The van der Waals surface area contributed by atoms with Crippen LogP contribution in [0.5, 0.6) is 0 Å². The zero-order valence-electron chi connectivity index (χ0n) is 8.66. The van der Waals surface area contributed by atoms with E-state index in [2.05, 4.69) is 15.5 Å². The van der Waals surface area contributed by atoms with Crippen molar-refractivity contribution in [2.45, 2.75) is 10.1 Å². The van der Waals surface area contributed by atoms with Crippen LogP contribution in [0.3, 0.4) is 0 Å². The molecule has 0 bridgehead atoms. The fraction of sp³-hybridized carbons (Fsp3) is 0.111. The maximum atomic E-state index is 12.9. The summed E-state index contributed by atoms with van der Waals surface area (Å²) in [6.45, 7) is 0. The number of rotatable bonds is 3. The molecule has 0 saturated heterocycles. The van der Waals surface area contributed by atoms with E-state index in [0.29, 0.717) is 10.1 Å². The zero-order valence-corrected chi connectivity index (χ0v) is 9.48. The monoisotopic (exact) mass is 254 g/mol. The second-order valence-corrected chi connectivity index (χ2v) is 4.14. The topological polar surface area (TPSA) is 80.9 Å². The van der Waals surface area contributed by atoms with Gasteiger partial charge in [-0.2, -0.15) is 0 Å². The molecule has 2 aromatic rings. The molecule has 2 rings (SSSR count). The highest BCUT2D eigenvalue weighted by Crippen LogP contribution is 2.28. The van der Waals surface area contributed by atoms with E-state index in [9.17, 15) is 9.18 Å². The van der Waals surface area contributed by atoms with Gasteiger partial charge in [-0.05, 0) is 40.4 Å². The van der Waals surface area contributed by atoms with Gasteiger partial charge in [-0.25, -0.2) is 13.9 Å². The maximum Gasteiger partial charge on any atom is 0.336 e. The molecule has 1 aromatic heterocycles. The van der Waals surface area contributed by atoms with Gasteiger partial charge in [0, 0.05) is 11.9 Å². The van der Waals surface area contributed by atoms with Gasteiger partial charge in [-0.3, -0.25) is 0 Å². The van der Waals surface area contributed by atoms with Gasteiger partial charge in [0.1, 0.15) is 5.82 Å². The van der Waals surface area contributed by atoms with Crippen LogP contribution >= 0.6 is 11.8 Å². The third-order valence-electron chi connectivity index (χ3n) is 1.95. The van der Waals surface area contributed by atoms with Crippen LogP contribution in [-0.2, 0) is 7.05 Å². The average Bonchev–Trinajstić information content (AvgIpc) is 2.67. The van der Waals surface area contributed by atoms with Crippen LogP contribution in [0.1, 0.15) is 10.4 Å². The van der Waals surface area contributed by atoms with E-state index in [1.807, 2.05) is 0 Å². The second kappa shape index (κ2) is 4.50. The van der Waals surface area contributed by atoms with Crippen LogP contribution in [0.4, 0.5) is 4.39 Å². The molecule has 0 aliphatic carbocycles. The summed E-state index contributed by atoms with van der Waals surface area (Å²) in [5, 5.41) is 20.1. The van der Waals surface area contributed by atoms with Crippen LogP contribution in [0, 0.1) is 5.82 Å². The predicted octanol–water partition coefficient (Wildman–Crippen LogP) is 1.20. The molecule has 1 N–H and O–H groups in total. The normalized spacial score (nSPS) is 10.5. The first-order chi connectivity index (χ1) is 8.08. The first-order valence-corrected chi connectivity index (χ1v) is 5.32. The van der Waals surface area contributed by atoms with Crippen LogP contribution in [-0.4, -0.2) is 31.3 Å². The molecule has 0 unspecified atom stereocenters. The Morgan fingerprint density at radius 2 is 2.29 bits per heavy atom. The summed E-state index contributed by atoms with van der Waals surface area (Å²) in [5.74, 6) is -1.79. The SMILES string of the molecule is Cn1nnnc1Sc1ccc(F)cc1C(=O)O. The summed E-state index contributed by atoms with van der Waals surface area (Å²) in [6, 6.07) is 3.55. The lowest BCUT2D eigenvalue weighted by Crippen LogP contribution is -2.01. The fourth-order valence-corrected chi connectivity index (χ4v) is 2.00. The summed E-state index contributed by atoms with van der Waals surface area (Å²) in [7, 11) is 1.63.